The molecule has 5 rings (SSSR count). The van der Waals surface area contributed by atoms with Gasteiger partial charge in [0.25, 0.3) is 0 Å². The smallest absolute Gasteiger partial charge is 0.243 e. The van der Waals surface area contributed by atoms with E-state index in [2.05, 4.69) is 29.2 Å². The number of carbonyl (C=O) groups excluding carboxylic acids is 1. The zero-order valence-corrected chi connectivity index (χ0v) is 23.0. The largest absolute Gasteiger partial charge is 0.339 e. The molecule has 8 heteroatoms. The van der Waals surface area contributed by atoms with E-state index in [4.69, 9.17) is 0 Å². The predicted octanol–water partition coefficient (Wildman–Crippen LogP) is 4.95. The van der Waals surface area contributed by atoms with Crippen LogP contribution in [0, 0.1) is 5.82 Å². The van der Waals surface area contributed by atoms with Crippen molar-refractivity contribution in [1.29, 1.82) is 0 Å². The summed E-state index contributed by atoms with van der Waals surface area (Å²) < 4.78 is 41.8. The van der Waals surface area contributed by atoms with Crippen LogP contribution in [0.5, 0.6) is 0 Å². The second kappa shape index (κ2) is 12.6. The summed E-state index contributed by atoms with van der Waals surface area (Å²) >= 11 is 0. The number of halogens is 1. The molecule has 0 spiro atoms. The fraction of sp³-hybridized carbons (Fsp3) is 0.219. The molecular formula is C32H32FN3O3S. The molecule has 4 aromatic rings. The number of amides is 1. The molecule has 0 radical (unpaired) electrons. The van der Waals surface area contributed by atoms with Crippen LogP contribution in [0.25, 0.3) is 0 Å². The number of piperazine rings is 1. The van der Waals surface area contributed by atoms with Gasteiger partial charge in [-0.3, -0.25) is 9.69 Å². The molecule has 6 nitrogen and oxygen atoms in total. The van der Waals surface area contributed by atoms with Gasteiger partial charge in [-0.1, -0.05) is 91.0 Å². The Morgan fingerprint density at radius 2 is 1.23 bits per heavy atom. The van der Waals surface area contributed by atoms with Crippen molar-refractivity contribution in [1.82, 2.24) is 14.1 Å². The molecule has 0 aliphatic carbocycles. The maximum absolute atomic E-state index is 13.5. The molecule has 0 bridgehead atoms. The Hall–Kier alpha value is -3.85. The van der Waals surface area contributed by atoms with Crippen LogP contribution >= 0.6 is 0 Å². The number of hydrogen-bond donors (Lipinski definition) is 0. The number of sulfonamides is 1. The van der Waals surface area contributed by atoms with Crippen molar-refractivity contribution < 1.29 is 17.6 Å². The summed E-state index contributed by atoms with van der Waals surface area (Å²) in [5.74, 6) is -0.774. The third-order valence-electron chi connectivity index (χ3n) is 7.23. The van der Waals surface area contributed by atoms with E-state index in [0.29, 0.717) is 26.2 Å². The van der Waals surface area contributed by atoms with Crippen molar-refractivity contribution in [2.45, 2.75) is 17.5 Å². The molecule has 206 valence electrons. The third-order valence-corrected chi connectivity index (χ3v) is 9.03. The molecule has 0 unspecified atom stereocenters. The van der Waals surface area contributed by atoms with E-state index >= 15 is 0 Å². The van der Waals surface area contributed by atoms with Crippen molar-refractivity contribution >= 4 is 15.9 Å². The molecule has 0 N–H and O–H groups in total. The van der Waals surface area contributed by atoms with Crippen LogP contribution < -0.4 is 0 Å². The van der Waals surface area contributed by atoms with Crippen LogP contribution in [0.4, 0.5) is 4.39 Å². The predicted molar refractivity (Wildman–Crippen MR) is 153 cm³/mol. The third kappa shape index (κ3) is 6.47. The van der Waals surface area contributed by atoms with E-state index in [1.807, 2.05) is 66.7 Å². The van der Waals surface area contributed by atoms with Gasteiger partial charge >= 0.3 is 0 Å². The minimum absolute atomic E-state index is 0.0380. The highest BCUT2D eigenvalue weighted by atomic mass is 32.2. The molecule has 1 amide bonds. The lowest BCUT2D eigenvalue weighted by Crippen LogP contribution is -2.52. The minimum Gasteiger partial charge on any atom is -0.339 e. The Kier molecular flexibility index (Phi) is 8.69. The van der Waals surface area contributed by atoms with Crippen LogP contribution in [0.15, 0.2) is 120 Å². The van der Waals surface area contributed by atoms with Crippen molar-refractivity contribution in [3.63, 3.8) is 0 Å². The summed E-state index contributed by atoms with van der Waals surface area (Å²) in [5.41, 5.74) is 3.14. The average Bonchev–Trinajstić information content (AvgIpc) is 2.99. The van der Waals surface area contributed by atoms with E-state index in [1.54, 1.807) is 4.90 Å². The van der Waals surface area contributed by atoms with Crippen molar-refractivity contribution in [3.8, 4) is 0 Å². The first-order valence-corrected chi connectivity index (χ1v) is 14.8. The van der Waals surface area contributed by atoms with Gasteiger partial charge in [-0.15, -0.1) is 0 Å². The fourth-order valence-electron chi connectivity index (χ4n) is 5.13. The second-order valence-corrected chi connectivity index (χ2v) is 11.8. The second-order valence-electron chi connectivity index (χ2n) is 9.85. The van der Waals surface area contributed by atoms with Crippen LogP contribution in [-0.4, -0.2) is 61.2 Å². The zero-order valence-electron chi connectivity index (χ0n) is 22.1. The highest BCUT2D eigenvalue weighted by Gasteiger charge is 2.32. The molecule has 4 aromatic carbocycles. The SMILES string of the molecule is O=C(CN(Cc1ccccc1)S(=O)(=O)c1ccc(F)cc1)N1CCN(C(c2ccccc2)c2ccccc2)CC1. The van der Waals surface area contributed by atoms with E-state index in [0.717, 1.165) is 17.7 Å². The van der Waals surface area contributed by atoms with Gasteiger partial charge in [-0.05, 0) is 41.0 Å². The molecule has 0 saturated carbocycles. The number of benzene rings is 4. The molecule has 40 heavy (non-hydrogen) atoms. The molecule has 1 aliphatic heterocycles. The Bertz CT molecular complexity index is 1450. The first-order valence-electron chi connectivity index (χ1n) is 13.3. The van der Waals surface area contributed by atoms with Gasteiger partial charge in [-0.2, -0.15) is 4.31 Å². The quantitative estimate of drug-likeness (QED) is 0.292. The normalized spacial score (nSPS) is 14.5. The van der Waals surface area contributed by atoms with Gasteiger partial charge in [0.1, 0.15) is 5.82 Å². The van der Waals surface area contributed by atoms with Crippen LogP contribution in [0.2, 0.25) is 0 Å². The lowest BCUT2D eigenvalue weighted by atomic mass is 9.96. The lowest BCUT2D eigenvalue weighted by molar-refractivity contribution is -0.133. The Labute approximate surface area is 235 Å². The van der Waals surface area contributed by atoms with Gasteiger partial charge in [0.15, 0.2) is 0 Å². The molecule has 1 fully saturated rings. The van der Waals surface area contributed by atoms with Crippen LogP contribution in [0.3, 0.4) is 0 Å². The highest BCUT2D eigenvalue weighted by Crippen LogP contribution is 2.29. The summed E-state index contributed by atoms with van der Waals surface area (Å²) in [4.78, 5) is 17.5. The molecule has 1 heterocycles. The molecular weight excluding hydrogens is 525 g/mol. The van der Waals surface area contributed by atoms with Gasteiger partial charge in [0.2, 0.25) is 15.9 Å². The molecule has 0 aromatic heterocycles. The molecule has 0 atom stereocenters. The fourth-order valence-corrected chi connectivity index (χ4v) is 6.51. The van der Waals surface area contributed by atoms with Gasteiger partial charge < -0.3 is 4.90 Å². The monoisotopic (exact) mass is 557 g/mol. The first-order chi connectivity index (χ1) is 19.4. The average molecular weight is 558 g/mol. The summed E-state index contributed by atoms with van der Waals surface area (Å²) in [7, 11) is -4.04. The summed E-state index contributed by atoms with van der Waals surface area (Å²) in [6, 6.07) is 34.6. The maximum atomic E-state index is 13.5. The lowest BCUT2D eigenvalue weighted by Gasteiger charge is -2.40. The topological polar surface area (TPSA) is 60.9 Å². The summed E-state index contributed by atoms with van der Waals surface area (Å²) in [5, 5.41) is 0. The summed E-state index contributed by atoms with van der Waals surface area (Å²) in [6.45, 7) is 2.04. The minimum atomic E-state index is -4.04. The Balaban J connectivity index is 1.32. The number of carbonyl (C=O) groups is 1. The van der Waals surface area contributed by atoms with Crippen LogP contribution in [-0.2, 0) is 21.4 Å². The van der Waals surface area contributed by atoms with Gasteiger partial charge in [-0.25, -0.2) is 12.8 Å². The van der Waals surface area contributed by atoms with Gasteiger partial charge in [0.05, 0.1) is 17.5 Å². The van der Waals surface area contributed by atoms with Crippen molar-refractivity contribution in [2.24, 2.45) is 0 Å². The standard InChI is InChI=1S/C32H32FN3O3S/c33-29-16-18-30(19-17-29)40(38,39)36(24-26-10-4-1-5-11-26)25-31(37)34-20-22-35(23-21-34)32(27-12-6-2-7-13-27)28-14-8-3-9-15-28/h1-19,32H,20-25H2. The Morgan fingerprint density at radius 3 is 1.75 bits per heavy atom. The van der Waals surface area contributed by atoms with Crippen molar-refractivity contribution in [2.75, 3.05) is 32.7 Å². The zero-order chi connectivity index (χ0) is 28.0. The van der Waals surface area contributed by atoms with Crippen molar-refractivity contribution in [3.05, 3.63) is 138 Å². The highest BCUT2D eigenvalue weighted by molar-refractivity contribution is 7.89. The van der Waals surface area contributed by atoms with Gasteiger partial charge in [0, 0.05) is 32.7 Å². The number of nitrogens with zero attached hydrogens (tertiary/aromatic N) is 3. The van der Waals surface area contributed by atoms with E-state index in [1.165, 1.54) is 27.6 Å². The number of hydrogen-bond acceptors (Lipinski definition) is 4. The Morgan fingerprint density at radius 1 is 0.725 bits per heavy atom. The van der Waals surface area contributed by atoms with E-state index in [9.17, 15) is 17.6 Å². The number of rotatable bonds is 9. The molecule has 1 aliphatic rings. The maximum Gasteiger partial charge on any atom is 0.243 e. The molecule has 1 saturated heterocycles. The first kappa shape index (κ1) is 27.7. The summed E-state index contributed by atoms with van der Waals surface area (Å²) in [6.07, 6.45) is 0. The van der Waals surface area contributed by atoms with E-state index in [-0.39, 0.29) is 29.9 Å². The van der Waals surface area contributed by atoms with Crippen LogP contribution in [0.1, 0.15) is 22.7 Å². The van der Waals surface area contributed by atoms with E-state index < -0.39 is 15.8 Å².